The van der Waals surface area contributed by atoms with Crippen molar-refractivity contribution in [3.8, 4) is 11.3 Å². The predicted octanol–water partition coefficient (Wildman–Crippen LogP) is 2.49. The van der Waals surface area contributed by atoms with Gasteiger partial charge in [-0.25, -0.2) is 0 Å². The summed E-state index contributed by atoms with van der Waals surface area (Å²) in [6, 6.07) is 6.36. The van der Waals surface area contributed by atoms with Gasteiger partial charge in [-0.15, -0.1) is 0 Å². The molecule has 0 bridgehead atoms. The van der Waals surface area contributed by atoms with E-state index in [4.69, 9.17) is 0 Å². The Bertz CT molecular complexity index is 702. The van der Waals surface area contributed by atoms with Gasteiger partial charge in [-0.05, 0) is 17.5 Å². The summed E-state index contributed by atoms with van der Waals surface area (Å²) in [6.45, 7) is 7.02. The molecule has 7 nitrogen and oxygen atoms in total. The molecule has 0 amide bonds. The van der Waals surface area contributed by atoms with E-state index in [2.05, 4.69) is 10.4 Å². The zero-order valence-electron chi connectivity index (χ0n) is 14.5. The number of hydrogen-bond donors (Lipinski definition) is 2. The summed E-state index contributed by atoms with van der Waals surface area (Å²) < 4.78 is 1.72. The van der Waals surface area contributed by atoms with Crippen molar-refractivity contribution in [1.29, 1.82) is 0 Å². The van der Waals surface area contributed by atoms with Crippen LogP contribution >= 0.6 is 0 Å². The van der Waals surface area contributed by atoms with Gasteiger partial charge in [0.05, 0.1) is 16.7 Å². The van der Waals surface area contributed by atoms with Crippen LogP contribution in [0.1, 0.15) is 26.3 Å². The second kappa shape index (κ2) is 7.11. The summed E-state index contributed by atoms with van der Waals surface area (Å²) in [5, 5.41) is 28.5. The molecule has 130 valence electrons. The van der Waals surface area contributed by atoms with E-state index < -0.39 is 11.0 Å². The molecule has 0 aliphatic rings. The molecule has 1 aromatic carbocycles. The molecule has 7 heteroatoms. The lowest BCUT2D eigenvalue weighted by molar-refractivity contribution is -0.384. The summed E-state index contributed by atoms with van der Waals surface area (Å²) in [6.07, 6.45) is 1.46. The van der Waals surface area contributed by atoms with Gasteiger partial charge in [0.15, 0.2) is 0 Å². The van der Waals surface area contributed by atoms with E-state index in [0.717, 1.165) is 16.8 Å². The molecular weight excluding hydrogens is 308 g/mol. The van der Waals surface area contributed by atoms with Crippen LogP contribution in [0, 0.1) is 15.5 Å². The van der Waals surface area contributed by atoms with Crippen molar-refractivity contribution in [3.63, 3.8) is 0 Å². The van der Waals surface area contributed by atoms with Crippen molar-refractivity contribution in [2.24, 2.45) is 12.5 Å². The van der Waals surface area contributed by atoms with Gasteiger partial charge < -0.3 is 10.4 Å². The fourth-order valence-corrected chi connectivity index (χ4v) is 2.30. The molecule has 2 aromatic rings. The largest absolute Gasteiger partial charge is 0.391 e. The number of hydrogen-bond acceptors (Lipinski definition) is 5. The minimum Gasteiger partial charge on any atom is -0.391 e. The average molecular weight is 332 g/mol. The van der Waals surface area contributed by atoms with Crippen molar-refractivity contribution < 1.29 is 10.0 Å². The second-order valence-corrected chi connectivity index (χ2v) is 6.99. The predicted molar refractivity (Wildman–Crippen MR) is 92.5 cm³/mol. The van der Waals surface area contributed by atoms with E-state index in [0.29, 0.717) is 13.1 Å². The Kier molecular flexibility index (Phi) is 5.36. The Morgan fingerprint density at radius 1 is 1.33 bits per heavy atom. The highest BCUT2D eigenvalue weighted by atomic mass is 16.6. The van der Waals surface area contributed by atoms with Gasteiger partial charge in [-0.3, -0.25) is 14.8 Å². The lowest BCUT2D eigenvalue weighted by atomic mass is 9.89. The number of aryl methyl sites for hydroxylation is 1. The molecule has 1 aromatic heterocycles. The van der Waals surface area contributed by atoms with E-state index in [1.54, 1.807) is 16.8 Å². The van der Waals surface area contributed by atoms with Crippen LogP contribution in [0.4, 0.5) is 5.69 Å². The van der Waals surface area contributed by atoms with Crippen molar-refractivity contribution >= 4 is 5.69 Å². The van der Waals surface area contributed by atoms with Crippen LogP contribution < -0.4 is 5.32 Å². The molecular formula is C17H24N4O3. The number of aliphatic hydroxyl groups is 1. The molecule has 0 saturated carbocycles. The summed E-state index contributed by atoms with van der Waals surface area (Å²) in [5.41, 5.74) is 2.47. The van der Waals surface area contributed by atoms with Gasteiger partial charge in [0.2, 0.25) is 0 Å². The quantitative estimate of drug-likeness (QED) is 0.626. The number of nitrogens with zero attached hydrogens (tertiary/aromatic N) is 3. The minimum atomic E-state index is -0.447. The summed E-state index contributed by atoms with van der Waals surface area (Å²) in [4.78, 5) is 10.3. The van der Waals surface area contributed by atoms with Crippen LogP contribution in [0.25, 0.3) is 11.3 Å². The maximum atomic E-state index is 10.8. The first-order valence-electron chi connectivity index (χ1n) is 7.84. The standard InChI is InChI=1S/C17H24N4O3/c1-17(2,3)15(22)10-18-9-13-11-20(4)19-16(13)12-5-7-14(8-6-12)21(23)24/h5-8,11,15,18,22H,9-10H2,1-4H3. The molecule has 0 radical (unpaired) electrons. The minimum absolute atomic E-state index is 0.0580. The SMILES string of the molecule is Cn1cc(CNCC(O)C(C)(C)C)c(-c2ccc([N+](=O)[O-])cc2)n1. The third-order valence-electron chi connectivity index (χ3n) is 3.91. The number of nitrogens with one attached hydrogen (secondary N) is 1. The number of nitro groups is 1. The highest BCUT2D eigenvalue weighted by Gasteiger charge is 2.21. The number of aromatic nitrogens is 2. The monoisotopic (exact) mass is 332 g/mol. The zero-order chi connectivity index (χ0) is 17.9. The first-order valence-corrected chi connectivity index (χ1v) is 7.84. The van der Waals surface area contributed by atoms with Crippen molar-refractivity contribution in [2.75, 3.05) is 6.54 Å². The molecule has 1 atom stereocenters. The summed E-state index contributed by atoms with van der Waals surface area (Å²) in [7, 11) is 1.84. The van der Waals surface area contributed by atoms with E-state index in [9.17, 15) is 15.2 Å². The van der Waals surface area contributed by atoms with Crippen LogP contribution in [0.2, 0.25) is 0 Å². The van der Waals surface area contributed by atoms with Gasteiger partial charge in [0.25, 0.3) is 5.69 Å². The fourth-order valence-electron chi connectivity index (χ4n) is 2.30. The first kappa shape index (κ1) is 18.1. The number of aliphatic hydroxyl groups excluding tert-OH is 1. The van der Waals surface area contributed by atoms with Gasteiger partial charge in [0, 0.05) is 49.6 Å². The molecule has 1 unspecified atom stereocenters. The number of rotatable bonds is 6. The maximum Gasteiger partial charge on any atom is 0.269 e. The molecule has 0 spiro atoms. The Morgan fingerprint density at radius 3 is 2.50 bits per heavy atom. The molecule has 0 saturated heterocycles. The third-order valence-corrected chi connectivity index (χ3v) is 3.91. The second-order valence-electron chi connectivity index (χ2n) is 6.99. The van der Waals surface area contributed by atoms with Crippen LogP contribution in [0.15, 0.2) is 30.5 Å². The molecule has 0 fully saturated rings. The Labute approximate surface area is 141 Å². The fraction of sp³-hybridized carbons (Fsp3) is 0.471. The normalized spacial score (nSPS) is 13.0. The lowest BCUT2D eigenvalue weighted by Gasteiger charge is -2.26. The van der Waals surface area contributed by atoms with Gasteiger partial charge in [-0.1, -0.05) is 20.8 Å². The van der Waals surface area contributed by atoms with Gasteiger partial charge in [-0.2, -0.15) is 5.10 Å². The molecule has 1 heterocycles. The van der Waals surface area contributed by atoms with Crippen LogP contribution in [-0.2, 0) is 13.6 Å². The third kappa shape index (κ3) is 4.39. The molecule has 0 aliphatic heterocycles. The van der Waals surface area contributed by atoms with Crippen LogP contribution in [0.5, 0.6) is 0 Å². The highest BCUT2D eigenvalue weighted by Crippen LogP contribution is 2.24. The maximum absolute atomic E-state index is 10.8. The highest BCUT2D eigenvalue weighted by molar-refractivity contribution is 5.64. The van der Waals surface area contributed by atoms with Crippen LogP contribution in [-0.4, -0.2) is 32.5 Å². The topological polar surface area (TPSA) is 93.2 Å². The van der Waals surface area contributed by atoms with E-state index in [1.807, 2.05) is 34.0 Å². The van der Waals surface area contributed by atoms with E-state index in [1.165, 1.54) is 12.1 Å². The van der Waals surface area contributed by atoms with Crippen LogP contribution in [0.3, 0.4) is 0 Å². The molecule has 2 rings (SSSR count). The van der Waals surface area contributed by atoms with E-state index in [-0.39, 0.29) is 11.1 Å². The van der Waals surface area contributed by atoms with Crippen molar-refractivity contribution in [3.05, 3.63) is 46.1 Å². The molecule has 2 N–H and O–H groups in total. The van der Waals surface area contributed by atoms with Crippen molar-refractivity contribution in [2.45, 2.75) is 33.4 Å². The lowest BCUT2D eigenvalue weighted by Crippen LogP contribution is -2.36. The smallest absolute Gasteiger partial charge is 0.269 e. The number of benzene rings is 1. The Hall–Kier alpha value is -2.25. The zero-order valence-corrected chi connectivity index (χ0v) is 14.5. The molecule has 24 heavy (non-hydrogen) atoms. The molecule has 0 aliphatic carbocycles. The summed E-state index contributed by atoms with van der Waals surface area (Å²) in [5.74, 6) is 0. The number of non-ortho nitro benzene ring substituents is 1. The Balaban J connectivity index is 2.11. The van der Waals surface area contributed by atoms with Gasteiger partial charge in [0.1, 0.15) is 0 Å². The number of nitro benzene ring substituents is 1. The van der Waals surface area contributed by atoms with E-state index >= 15 is 0 Å². The average Bonchev–Trinajstić information content (AvgIpc) is 2.87. The van der Waals surface area contributed by atoms with Gasteiger partial charge >= 0.3 is 0 Å². The first-order chi connectivity index (χ1) is 11.2. The van der Waals surface area contributed by atoms with Crippen molar-refractivity contribution in [1.82, 2.24) is 15.1 Å². The summed E-state index contributed by atoms with van der Waals surface area (Å²) >= 11 is 0. The Morgan fingerprint density at radius 2 is 1.96 bits per heavy atom.